The second-order valence-corrected chi connectivity index (χ2v) is 8.85. The molecule has 1 aromatic heterocycles. The first kappa shape index (κ1) is 26.8. The number of nitrogens with zero attached hydrogens (tertiary/aromatic N) is 5. The van der Waals surface area contributed by atoms with Crippen LogP contribution in [0.1, 0.15) is 5.56 Å². The molecule has 11 nitrogen and oxygen atoms in total. The number of hydrogen-bond acceptors (Lipinski definition) is 9. The van der Waals surface area contributed by atoms with Crippen LogP contribution in [0.4, 0.5) is 33.2 Å². The fourth-order valence-electron chi connectivity index (χ4n) is 3.50. The first-order valence-electron chi connectivity index (χ1n) is 10.9. The minimum Gasteiger partial charge on any atom is -0.367 e. The van der Waals surface area contributed by atoms with Crippen molar-refractivity contribution < 1.29 is 21.9 Å². The number of piperazine rings is 1. The van der Waals surface area contributed by atoms with Crippen LogP contribution in [0.25, 0.3) is 0 Å². The van der Waals surface area contributed by atoms with Gasteiger partial charge in [0.1, 0.15) is 11.6 Å². The Morgan fingerprint density at radius 1 is 1.06 bits per heavy atom. The number of halogens is 1. The van der Waals surface area contributed by atoms with E-state index < -0.39 is 10.4 Å². The number of nitrogens with one attached hydrogen (secondary N) is 2. The zero-order chi connectivity index (χ0) is 26.1. The summed E-state index contributed by atoms with van der Waals surface area (Å²) < 4.78 is 46.3. The van der Waals surface area contributed by atoms with Gasteiger partial charge in [0.2, 0.25) is 5.95 Å². The Labute approximate surface area is 208 Å². The molecule has 1 aliphatic heterocycles. The molecule has 0 unspecified atom stereocenters. The molecule has 0 amide bonds. The average Bonchev–Trinajstić information content (AvgIpc) is 2.80. The highest BCUT2D eigenvalue weighted by Gasteiger charge is 2.17. The summed E-state index contributed by atoms with van der Waals surface area (Å²) >= 11 is 0. The van der Waals surface area contributed by atoms with Gasteiger partial charge in [-0.25, -0.2) is 9.37 Å². The molecular formula is C23H26FN7O4S. The molecule has 0 radical (unpaired) electrons. The van der Waals surface area contributed by atoms with Crippen LogP contribution < -0.4 is 15.5 Å². The van der Waals surface area contributed by atoms with Gasteiger partial charge in [0.25, 0.3) is 0 Å². The molecule has 0 atom stereocenters. The standard InChI is InChI=1S/C23H24FN7.H2O4S/c1-30-11-13-31(14-12-30)21-6-5-19(16-20(21)24)28-23-26-10-8-22(29-23)27-18-4-2-3-17(15-18)7-9-25;1-5(2,3)4/h2-6,8,10,15-16H,7,11-14H2,1H3,(H2,26,27,28,29);(H2,1,2,3,4). The summed E-state index contributed by atoms with van der Waals surface area (Å²) in [6, 6.07) is 16.6. The minimum atomic E-state index is -4.67. The highest BCUT2D eigenvalue weighted by atomic mass is 32.3. The van der Waals surface area contributed by atoms with Crippen molar-refractivity contribution in [1.29, 1.82) is 5.26 Å². The van der Waals surface area contributed by atoms with E-state index in [0.29, 0.717) is 29.6 Å². The normalized spacial score (nSPS) is 13.8. The van der Waals surface area contributed by atoms with Gasteiger partial charge in [-0.1, -0.05) is 12.1 Å². The number of hydrogen-bond donors (Lipinski definition) is 4. The molecule has 3 aromatic rings. The molecule has 1 saturated heterocycles. The van der Waals surface area contributed by atoms with Gasteiger partial charge in [0, 0.05) is 43.8 Å². The van der Waals surface area contributed by atoms with E-state index in [1.807, 2.05) is 30.3 Å². The van der Waals surface area contributed by atoms with Gasteiger partial charge in [-0.05, 0) is 49.0 Å². The van der Waals surface area contributed by atoms with Crippen LogP contribution >= 0.6 is 0 Å². The van der Waals surface area contributed by atoms with Crippen LogP contribution in [0.3, 0.4) is 0 Å². The second-order valence-electron chi connectivity index (χ2n) is 7.96. The van der Waals surface area contributed by atoms with Crippen LogP contribution in [0.15, 0.2) is 54.7 Å². The quantitative estimate of drug-likeness (QED) is 0.358. The molecule has 2 heterocycles. The Morgan fingerprint density at radius 2 is 1.75 bits per heavy atom. The third kappa shape index (κ3) is 8.75. The number of likely N-dealkylation sites (N-methyl/N-ethyl adjacent to an activating group) is 1. The molecule has 0 spiro atoms. The highest BCUT2D eigenvalue weighted by molar-refractivity contribution is 7.79. The SMILES string of the molecule is CN1CCN(c2ccc(Nc3nccc(Nc4cccc(CC#N)c4)n3)cc2F)CC1.O=S(=O)(O)O. The van der Waals surface area contributed by atoms with Crippen molar-refractivity contribution in [3.8, 4) is 6.07 Å². The van der Waals surface area contributed by atoms with Crippen molar-refractivity contribution in [2.24, 2.45) is 0 Å². The van der Waals surface area contributed by atoms with Gasteiger partial charge in [0.15, 0.2) is 0 Å². The van der Waals surface area contributed by atoms with Crippen molar-refractivity contribution in [1.82, 2.24) is 14.9 Å². The molecule has 190 valence electrons. The van der Waals surface area contributed by atoms with E-state index in [9.17, 15) is 4.39 Å². The number of nitriles is 1. The monoisotopic (exact) mass is 515 g/mol. The van der Waals surface area contributed by atoms with Crippen molar-refractivity contribution in [2.75, 3.05) is 48.8 Å². The predicted molar refractivity (Wildman–Crippen MR) is 135 cm³/mol. The Hall–Kier alpha value is -3.83. The molecule has 1 fully saturated rings. The van der Waals surface area contributed by atoms with E-state index in [-0.39, 0.29) is 5.82 Å². The van der Waals surface area contributed by atoms with Gasteiger partial charge in [-0.15, -0.1) is 0 Å². The van der Waals surface area contributed by atoms with Crippen molar-refractivity contribution >= 4 is 39.2 Å². The van der Waals surface area contributed by atoms with E-state index in [0.717, 1.165) is 37.4 Å². The van der Waals surface area contributed by atoms with E-state index in [2.05, 4.69) is 43.5 Å². The number of aromatic nitrogens is 2. The molecule has 4 N–H and O–H groups in total. The molecule has 0 saturated carbocycles. The maximum atomic E-state index is 14.7. The van der Waals surface area contributed by atoms with Gasteiger partial charge < -0.3 is 20.4 Å². The molecular weight excluding hydrogens is 489 g/mol. The molecule has 36 heavy (non-hydrogen) atoms. The topological polar surface area (TPSA) is 155 Å². The lowest BCUT2D eigenvalue weighted by Gasteiger charge is -2.34. The van der Waals surface area contributed by atoms with E-state index in [4.69, 9.17) is 22.8 Å². The molecule has 4 rings (SSSR count). The van der Waals surface area contributed by atoms with Crippen molar-refractivity contribution in [2.45, 2.75) is 6.42 Å². The molecule has 0 bridgehead atoms. The maximum absolute atomic E-state index is 14.7. The summed E-state index contributed by atoms with van der Waals surface area (Å²) in [7, 11) is -2.59. The fourth-order valence-corrected chi connectivity index (χ4v) is 3.50. The molecule has 1 aliphatic rings. The van der Waals surface area contributed by atoms with Crippen LogP contribution in [0, 0.1) is 17.1 Å². The lowest BCUT2D eigenvalue weighted by molar-refractivity contribution is 0.311. The van der Waals surface area contributed by atoms with Gasteiger partial charge in [-0.2, -0.15) is 18.7 Å². The Balaban J connectivity index is 0.000000658. The number of anilines is 5. The molecule has 0 aliphatic carbocycles. The number of rotatable bonds is 6. The molecule has 13 heteroatoms. The highest BCUT2D eigenvalue weighted by Crippen LogP contribution is 2.25. The second kappa shape index (κ2) is 12.2. The summed E-state index contributed by atoms with van der Waals surface area (Å²) in [5.74, 6) is 0.698. The van der Waals surface area contributed by atoms with Crippen LogP contribution in [0.5, 0.6) is 0 Å². The van der Waals surface area contributed by atoms with Crippen molar-refractivity contribution in [3.63, 3.8) is 0 Å². The van der Waals surface area contributed by atoms with E-state index in [1.54, 1.807) is 18.3 Å². The largest absolute Gasteiger partial charge is 0.394 e. The van der Waals surface area contributed by atoms with Crippen LogP contribution in [-0.2, 0) is 16.8 Å². The maximum Gasteiger partial charge on any atom is 0.394 e. The summed E-state index contributed by atoms with van der Waals surface area (Å²) in [5.41, 5.74) is 2.96. The van der Waals surface area contributed by atoms with Crippen LogP contribution in [-0.4, -0.2) is 65.6 Å². The fraction of sp³-hybridized carbons (Fsp3) is 0.261. The summed E-state index contributed by atoms with van der Waals surface area (Å²) in [4.78, 5) is 13.0. The smallest absolute Gasteiger partial charge is 0.367 e. The Bertz CT molecular complexity index is 1320. The zero-order valence-corrected chi connectivity index (χ0v) is 20.3. The lowest BCUT2D eigenvalue weighted by Crippen LogP contribution is -2.44. The Morgan fingerprint density at radius 3 is 2.42 bits per heavy atom. The van der Waals surface area contributed by atoms with Crippen LogP contribution in [0.2, 0.25) is 0 Å². The first-order chi connectivity index (χ1) is 17.1. The third-order valence-electron chi connectivity index (χ3n) is 5.19. The van der Waals surface area contributed by atoms with Gasteiger partial charge in [0.05, 0.1) is 18.2 Å². The van der Waals surface area contributed by atoms with Gasteiger partial charge in [-0.3, -0.25) is 9.11 Å². The predicted octanol–water partition coefficient (Wildman–Crippen LogP) is 3.27. The minimum absolute atomic E-state index is 0.266. The first-order valence-corrected chi connectivity index (χ1v) is 12.3. The lowest BCUT2D eigenvalue weighted by atomic mass is 10.1. The van der Waals surface area contributed by atoms with Gasteiger partial charge >= 0.3 is 10.4 Å². The summed E-state index contributed by atoms with van der Waals surface area (Å²) in [5, 5.41) is 15.1. The van der Waals surface area contributed by atoms with E-state index >= 15 is 0 Å². The molecule has 2 aromatic carbocycles. The zero-order valence-electron chi connectivity index (χ0n) is 19.5. The summed E-state index contributed by atoms with van der Waals surface area (Å²) in [6.07, 6.45) is 1.98. The van der Waals surface area contributed by atoms with Crippen molar-refractivity contribution in [3.05, 3.63) is 66.1 Å². The van der Waals surface area contributed by atoms with E-state index in [1.165, 1.54) is 6.07 Å². The Kier molecular flexibility index (Phi) is 9.09. The average molecular weight is 516 g/mol. The number of benzene rings is 2. The third-order valence-corrected chi connectivity index (χ3v) is 5.19. The summed E-state index contributed by atoms with van der Waals surface area (Å²) in [6.45, 7) is 3.47.